The van der Waals surface area contributed by atoms with Crippen molar-refractivity contribution in [2.24, 2.45) is 5.92 Å². The summed E-state index contributed by atoms with van der Waals surface area (Å²) < 4.78 is 4.77. The normalized spacial score (nSPS) is 16.2. The third-order valence-electron chi connectivity index (χ3n) is 4.04. The van der Waals surface area contributed by atoms with Crippen molar-refractivity contribution in [1.29, 1.82) is 0 Å². The number of hydrogen-bond donors (Lipinski definition) is 1. The van der Waals surface area contributed by atoms with Gasteiger partial charge in [0.05, 0.1) is 12.0 Å². The van der Waals surface area contributed by atoms with Crippen LogP contribution in [0.5, 0.6) is 0 Å². The summed E-state index contributed by atoms with van der Waals surface area (Å²) in [7, 11) is 1.44. The number of piperidine rings is 1. The molecular weight excluding hydrogens is 372 g/mol. The summed E-state index contributed by atoms with van der Waals surface area (Å²) in [5.74, 6) is 0.498. The highest BCUT2D eigenvalue weighted by atomic mass is 35.5. The highest BCUT2D eigenvalue weighted by molar-refractivity contribution is 7.13. The van der Waals surface area contributed by atoms with Crippen LogP contribution in [0.1, 0.15) is 22.5 Å². The number of thiophene rings is 1. The number of halogens is 1. The minimum absolute atomic E-state index is 0.209. The first kappa shape index (κ1) is 20.3. The fourth-order valence-corrected chi connectivity index (χ4v) is 3.49. The second-order valence-corrected chi connectivity index (χ2v) is 7.21. The van der Waals surface area contributed by atoms with Gasteiger partial charge in [0.25, 0.3) is 5.24 Å². The molecule has 2 aromatic rings. The zero-order valence-electron chi connectivity index (χ0n) is 14.7. The molecule has 1 aromatic heterocycles. The Morgan fingerprint density at radius 3 is 2.62 bits per heavy atom. The lowest BCUT2D eigenvalue weighted by molar-refractivity contribution is 0.104. The number of amides is 1. The Bertz CT molecular complexity index is 679. The minimum atomic E-state index is -0.375. The van der Waals surface area contributed by atoms with E-state index < -0.39 is 0 Å². The van der Waals surface area contributed by atoms with Crippen molar-refractivity contribution >= 4 is 40.0 Å². The minimum Gasteiger partial charge on any atom is -0.453 e. The number of carbonyl (C=O) groups is 2. The molecule has 0 radical (unpaired) electrons. The van der Waals surface area contributed by atoms with Crippen molar-refractivity contribution in [3.05, 3.63) is 52.7 Å². The maximum Gasteiger partial charge on any atom is 0.409 e. The van der Waals surface area contributed by atoms with Crippen molar-refractivity contribution < 1.29 is 14.3 Å². The Labute approximate surface area is 162 Å². The smallest absolute Gasteiger partial charge is 0.409 e. The molecule has 1 fully saturated rings. The predicted octanol–water partition coefficient (Wildman–Crippen LogP) is 4.70. The quantitative estimate of drug-likeness (QED) is 0.763. The number of nitrogens with zero attached hydrogens (tertiary/aromatic N) is 1. The Hall–Kier alpha value is -2.05. The third-order valence-corrected chi connectivity index (χ3v) is 5.22. The molecule has 1 atom stereocenters. The number of ether oxygens (including phenoxy) is 1. The number of anilines is 1. The van der Waals surface area contributed by atoms with Crippen LogP contribution in [-0.4, -0.2) is 43.0 Å². The number of nitrogens with one attached hydrogen (secondary N) is 1. The van der Waals surface area contributed by atoms with Gasteiger partial charge in [-0.2, -0.15) is 0 Å². The van der Waals surface area contributed by atoms with E-state index in [4.69, 9.17) is 16.3 Å². The molecule has 1 aliphatic rings. The average Bonchev–Trinajstić information content (AvgIpc) is 3.22. The summed E-state index contributed by atoms with van der Waals surface area (Å²) in [6.07, 6.45) is 2.00. The van der Waals surface area contributed by atoms with E-state index in [9.17, 15) is 9.59 Å². The molecule has 0 spiro atoms. The molecule has 26 heavy (non-hydrogen) atoms. The molecule has 1 saturated heterocycles. The van der Waals surface area contributed by atoms with Crippen molar-refractivity contribution in [3.8, 4) is 0 Å². The lowest BCUT2D eigenvalue weighted by Crippen LogP contribution is -2.41. The van der Waals surface area contributed by atoms with E-state index >= 15 is 0 Å². The van der Waals surface area contributed by atoms with E-state index in [1.165, 1.54) is 18.4 Å². The largest absolute Gasteiger partial charge is 0.453 e. The number of benzene rings is 1. The summed E-state index contributed by atoms with van der Waals surface area (Å²) in [6.45, 7) is 2.50. The van der Waals surface area contributed by atoms with Crippen molar-refractivity contribution in [2.45, 2.75) is 12.8 Å². The molecule has 140 valence electrons. The van der Waals surface area contributed by atoms with Gasteiger partial charge >= 0.3 is 6.09 Å². The van der Waals surface area contributed by atoms with E-state index in [2.05, 4.69) is 17.4 Å². The molecule has 1 aromatic carbocycles. The van der Waals surface area contributed by atoms with E-state index in [0.29, 0.717) is 10.8 Å². The zero-order chi connectivity index (χ0) is 18.8. The average molecular weight is 395 g/mol. The SMILES string of the molecule is COC(=O)N1CCCC(CNc2ccccc2)C1.O=C(Cl)c1cccs1. The molecule has 3 rings (SSSR count). The fraction of sp³-hybridized carbons (Fsp3) is 0.368. The van der Waals surface area contributed by atoms with Crippen molar-refractivity contribution in [1.82, 2.24) is 4.90 Å². The molecule has 1 unspecified atom stereocenters. The molecule has 2 heterocycles. The number of likely N-dealkylation sites (tertiary alicyclic amines) is 1. The van der Waals surface area contributed by atoms with E-state index in [-0.39, 0.29) is 11.3 Å². The zero-order valence-corrected chi connectivity index (χ0v) is 16.3. The summed E-state index contributed by atoms with van der Waals surface area (Å²) in [5, 5.41) is 4.85. The van der Waals surface area contributed by atoms with Gasteiger partial charge in [-0.15, -0.1) is 11.3 Å². The standard InChI is InChI=1S/C14H20N2O2.C5H3ClOS/c1-18-14(17)16-9-5-6-12(11-16)10-15-13-7-3-2-4-8-13;6-5(7)4-2-1-3-8-4/h2-4,7-8,12,15H,5-6,9-11H2,1H3;1-3H. The number of methoxy groups -OCH3 is 1. The maximum atomic E-state index is 11.5. The number of hydrogen-bond acceptors (Lipinski definition) is 5. The van der Waals surface area contributed by atoms with Gasteiger partial charge in [-0.25, -0.2) is 4.79 Å². The number of rotatable bonds is 4. The third kappa shape index (κ3) is 6.69. The first-order valence-electron chi connectivity index (χ1n) is 8.45. The Kier molecular flexibility index (Phi) is 8.44. The van der Waals surface area contributed by atoms with E-state index in [1.54, 1.807) is 17.0 Å². The van der Waals surface area contributed by atoms with Gasteiger partial charge in [-0.3, -0.25) is 4.79 Å². The van der Waals surface area contributed by atoms with Crippen LogP contribution in [0, 0.1) is 5.92 Å². The number of para-hydroxylation sites is 1. The Morgan fingerprint density at radius 1 is 1.27 bits per heavy atom. The summed E-state index contributed by atoms with van der Waals surface area (Å²) in [6, 6.07) is 13.6. The van der Waals surface area contributed by atoms with Crippen LogP contribution in [0.3, 0.4) is 0 Å². The van der Waals surface area contributed by atoms with Crippen molar-refractivity contribution in [2.75, 3.05) is 32.1 Å². The highest BCUT2D eigenvalue weighted by Crippen LogP contribution is 2.18. The Balaban J connectivity index is 0.000000254. The van der Waals surface area contributed by atoms with Gasteiger partial charge in [-0.05, 0) is 53.9 Å². The van der Waals surface area contributed by atoms with E-state index in [1.807, 2.05) is 23.6 Å². The molecule has 1 N–H and O–H groups in total. The van der Waals surface area contributed by atoms with Gasteiger partial charge in [0.1, 0.15) is 0 Å². The second-order valence-electron chi connectivity index (χ2n) is 5.92. The lowest BCUT2D eigenvalue weighted by atomic mass is 9.98. The molecule has 5 nitrogen and oxygen atoms in total. The Morgan fingerprint density at radius 2 is 2.04 bits per heavy atom. The van der Waals surface area contributed by atoms with Gasteiger partial charge in [0.15, 0.2) is 0 Å². The topological polar surface area (TPSA) is 58.6 Å². The highest BCUT2D eigenvalue weighted by Gasteiger charge is 2.23. The molecule has 7 heteroatoms. The van der Waals surface area contributed by atoms with E-state index in [0.717, 1.165) is 38.2 Å². The summed E-state index contributed by atoms with van der Waals surface area (Å²) in [5.41, 5.74) is 1.13. The summed E-state index contributed by atoms with van der Waals surface area (Å²) >= 11 is 6.47. The predicted molar refractivity (Wildman–Crippen MR) is 106 cm³/mol. The van der Waals surface area contributed by atoms with Crippen LogP contribution in [0.2, 0.25) is 0 Å². The molecule has 0 aliphatic carbocycles. The monoisotopic (exact) mass is 394 g/mol. The van der Waals surface area contributed by atoms with Gasteiger partial charge in [-0.1, -0.05) is 24.3 Å². The molecule has 1 amide bonds. The molecule has 1 aliphatic heterocycles. The van der Waals surface area contributed by atoms with Gasteiger partial charge < -0.3 is 15.0 Å². The lowest BCUT2D eigenvalue weighted by Gasteiger charge is -2.31. The van der Waals surface area contributed by atoms with Gasteiger partial charge in [0, 0.05) is 25.3 Å². The van der Waals surface area contributed by atoms with Crippen LogP contribution >= 0.6 is 22.9 Å². The molecular formula is C19H23ClN2O3S. The number of carbonyl (C=O) groups excluding carboxylic acids is 2. The molecule has 0 bridgehead atoms. The summed E-state index contributed by atoms with van der Waals surface area (Å²) in [4.78, 5) is 24.1. The second kappa shape index (κ2) is 10.8. The van der Waals surface area contributed by atoms with Crippen LogP contribution in [-0.2, 0) is 4.74 Å². The van der Waals surface area contributed by atoms with Crippen LogP contribution in [0.4, 0.5) is 10.5 Å². The van der Waals surface area contributed by atoms with Crippen LogP contribution < -0.4 is 5.32 Å². The van der Waals surface area contributed by atoms with Crippen molar-refractivity contribution in [3.63, 3.8) is 0 Å². The first-order valence-corrected chi connectivity index (χ1v) is 9.71. The van der Waals surface area contributed by atoms with Crippen LogP contribution in [0.15, 0.2) is 47.8 Å². The fourth-order valence-electron chi connectivity index (χ4n) is 2.74. The maximum absolute atomic E-state index is 11.5. The van der Waals surface area contributed by atoms with Crippen LogP contribution in [0.25, 0.3) is 0 Å². The van der Waals surface area contributed by atoms with Gasteiger partial charge in [0.2, 0.25) is 0 Å². The molecule has 0 saturated carbocycles. The first-order chi connectivity index (χ1) is 12.6.